The summed E-state index contributed by atoms with van der Waals surface area (Å²) >= 11 is 0. The van der Waals surface area contributed by atoms with Crippen molar-refractivity contribution >= 4 is 11.7 Å². The van der Waals surface area contributed by atoms with Gasteiger partial charge in [0.1, 0.15) is 0 Å². The molecular formula is C13H19FN4O2. The topological polar surface area (TPSA) is 82.7 Å². The molecule has 0 radical (unpaired) electrons. The summed E-state index contributed by atoms with van der Waals surface area (Å²) in [5.41, 5.74) is 5.35. The Hall–Kier alpha value is -1.73. The number of carbonyl (C=O) groups excluding carboxylic acids is 1. The Morgan fingerprint density at radius 3 is 2.95 bits per heavy atom. The Morgan fingerprint density at radius 2 is 2.20 bits per heavy atom. The molecule has 0 unspecified atom stereocenters. The lowest BCUT2D eigenvalue weighted by molar-refractivity contribution is 0.0756. The first kappa shape index (κ1) is 14.7. The highest BCUT2D eigenvalue weighted by molar-refractivity contribution is 5.95. The minimum Gasteiger partial charge on any atom is -0.395 e. The second-order valence-corrected chi connectivity index (χ2v) is 4.77. The van der Waals surface area contributed by atoms with E-state index >= 15 is 0 Å². The molecule has 1 fully saturated rings. The van der Waals surface area contributed by atoms with Crippen molar-refractivity contribution in [2.24, 2.45) is 0 Å². The monoisotopic (exact) mass is 282 g/mol. The van der Waals surface area contributed by atoms with E-state index < -0.39 is 5.82 Å². The van der Waals surface area contributed by atoms with E-state index in [0.717, 1.165) is 13.0 Å². The van der Waals surface area contributed by atoms with Crippen molar-refractivity contribution in [2.75, 3.05) is 45.1 Å². The van der Waals surface area contributed by atoms with E-state index in [1.165, 1.54) is 12.3 Å². The standard InChI is InChI=1S/C13H19FN4O2/c14-11-10(2-3-16-12(11)15)13(20)18-5-1-4-17(6-7-18)8-9-19/h2-3,19H,1,4-9H2,(H2,15,16). The van der Waals surface area contributed by atoms with E-state index in [4.69, 9.17) is 10.8 Å². The molecule has 1 aliphatic heterocycles. The largest absolute Gasteiger partial charge is 0.395 e. The number of nitrogen functional groups attached to an aromatic ring is 1. The van der Waals surface area contributed by atoms with Gasteiger partial charge in [-0.2, -0.15) is 0 Å². The maximum Gasteiger partial charge on any atom is 0.257 e. The fourth-order valence-electron chi connectivity index (χ4n) is 2.33. The number of hydrogen-bond acceptors (Lipinski definition) is 5. The summed E-state index contributed by atoms with van der Waals surface area (Å²) in [5.74, 6) is -1.37. The molecule has 0 spiro atoms. The molecule has 2 heterocycles. The van der Waals surface area contributed by atoms with Gasteiger partial charge in [0.2, 0.25) is 0 Å². The van der Waals surface area contributed by atoms with Crippen LogP contribution in [-0.2, 0) is 0 Å². The maximum atomic E-state index is 13.8. The third-order valence-electron chi connectivity index (χ3n) is 3.44. The van der Waals surface area contributed by atoms with E-state index in [9.17, 15) is 9.18 Å². The normalized spacial score (nSPS) is 17.0. The maximum absolute atomic E-state index is 13.8. The number of β-amino-alcohol motifs (C(OH)–C–C–N with tert-alkyl or cyclic N) is 1. The van der Waals surface area contributed by atoms with Crippen LogP contribution in [0.5, 0.6) is 0 Å². The zero-order chi connectivity index (χ0) is 14.5. The first-order valence-corrected chi connectivity index (χ1v) is 6.66. The minimum absolute atomic E-state index is 0.0342. The fraction of sp³-hybridized carbons (Fsp3) is 0.538. The smallest absolute Gasteiger partial charge is 0.257 e. The minimum atomic E-state index is -0.756. The molecule has 0 aromatic carbocycles. The van der Waals surface area contributed by atoms with Gasteiger partial charge in [0.15, 0.2) is 11.6 Å². The summed E-state index contributed by atoms with van der Waals surface area (Å²) in [6, 6.07) is 1.35. The predicted molar refractivity (Wildman–Crippen MR) is 72.7 cm³/mol. The number of carbonyl (C=O) groups is 1. The van der Waals surface area contributed by atoms with Crippen LogP contribution in [0.2, 0.25) is 0 Å². The number of hydrogen-bond donors (Lipinski definition) is 2. The molecule has 1 aromatic rings. The molecule has 1 saturated heterocycles. The average Bonchev–Trinajstić information content (AvgIpc) is 2.67. The van der Waals surface area contributed by atoms with Gasteiger partial charge in [-0.1, -0.05) is 0 Å². The summed E-state index contributed by atoms with van der Waals surface area (Å²) in [7, 11) is 0. The molecule has 1 aliphatic rings. The molecule has 1 amide bonds. The van der Waals surface area contributed by atoms with Gasteiger partial charge in [0.05, 0.1) is 12.2 Å². The zero-order valence-electron chi connectivity index (χ0n) is 11.3. The summed E-state index contributed by atoms with van der Waals surface area (Å²) in [4.78, 5) is 19.7. The SMILES string of the molecule is Nc1nccc(C(=O)N2CCCN(CCO)CC2)c1F. The van der Waals surface area contributed by atoms with Crippen molar-refractivity contribution in [2.45, 2.75) is 6.42 Å². The predicted octanol–water partition coefficient (Wildman–Crippen LogP) is -0.0569. The highest BCUT2D eigenvalue weighted by atomic mass is 19.1. The van der Waals surface area contributed by atoms with Gasteiger partial charge in [0.25, 0.3) is 5.91 Å². The van der Waals surface area contributed by atoms with E-state index in [1.807, 2.05) is 0 Å². The number of anilines is 1. The van der Waals surface area contributed by atoms with Gasteiger partial charge in [-0.3, -0.25) is 9.69 Å². The molecule has 6 nitrogen and oxygen atoms in total. The second kappa shape index (κ2) is 6.62. The molecule has 0 bridgehead atoms. The van der Waals surface area contributed by atoms with E-state index in [1.54, 1.807) is 4.90 Å². The van der Waals surface area contributed by atoms with Crippen LogP contribution in [0.1, 0.15) is 16.8 Å². The number of halogens is 1. The summed E-state index contributed by atoms with van der Waals surface area (Å²) in [6.07, 6.45) is 2.13. The number of amides is 1. The highest BCUT2D eigenvalue weighted by Crippen LogP contribution is 2.15. The number of rotatable bonds is 3. The van der Waals surface area contributed by atoms with Crippen LogP contribution < -0.4 is 5.73 Å². The average molecular weight is 282 g/mol. The lowest BCUT2D eigenvalue weighted by atomic mass is 10.2. The second-order valence-electron chi connectivity index (χ2n) is 4.77. The molecule has 0 atom stereocenters. The molecule has 1 aromatic heterocycles. The van der Waals surface area contributed by atoms with E-state index in [2.05, 4.69) is 9.88 Å². The van der Waals surface area contributed by atoms with Gasteiger partial charge in [-0.05, 0) is 19.0 Å². The molecule has 2 rings (SSSR count). The Labute approximate surface area is 117 Å². The van der Waals surface area contributed by atoms with Gasteiger partial charge in [-0.15, -0.1) is 0 Å². The number of nitrogens with two attached hydrogens (primary N) is 1. The number of aliphatic hydroxyl groups is 1. The van der Waals surface area contributed by atoms with Crippen molar-refractivity contribution in [3.63, 3.8) is 0 Å². The highest BCUT2D eigenvalue weighted by Gasteiger charge is 2.23. The van der Waals surface area contributed by atoms with Crippen LogP contribution in [-0.4, -0.2) is 65.1 Å². The van der Waals surface area contributed by atoms with Gasteiger partial charge < -0.3 is 15.7 Å². The van der Waals surface area contributed by atoms with Crippen molar-refractivity contribution < 1.29 is 14.3 Å². The molecule has 7 heteroatoms. The third kappa shape index (κ3) is 3.23. The molecular weight excluding hydrogens is 263 g/mol. The van der Waals surface area contributed by atoms with Crippen LogP contribution in [0.25, 0.3) is 0 Å². The van der Waals surface area contributed by atoms with Gasteiger partial charge in [-0.25, -0.2) is 9.37 Å². The summed E-state index contributed by atoms with van der Waals surface area (Å²) in [6.45, 7) is 3.28. The van der Waals surface area contributed by atoms with Gasteiger partial charge in [0, 0.05) is 32.4 Å². The number of aromatic nitrogens is 1. The summed E-state index contributed by atoms with van der Waals surface area (Å²) < 4.78 is 13.8. The van der Waals surface area contributed by atoms with Crippen molar-refractivity contribution in [1.82, 2.24) is 14.8 Å². The molecule has 110 valence electrons. The van der Waals surface area contributed by atoms with Crippen molar-refractivity contribution in [3.05, 3.63) is 23.6 Å². The van der Waals surface area contributed by atoms with Crippen molar-refractivity contribution in [3.8, 4) is 0 Å². The number of pyridine rings is 1. The van der Waals surface area contributed by atoms with Crippen LogP contribution in [0.15, 0.2) is 12.3 Å². The van der Waals surface area contributed by atoms with Crippen LogP contribution >= 0.6 is 0 Å². The lowest BCUT2D eigenvalue weighted by Crippen LogP contribution is -2.36. The number of nitrogens with zero attached hydrogens (tertiary/aromatic N) is 3. The molecule has 20 heavy (non-hydrogen) atoms. The quantitative estimate of drug-likeness (QED) is 0.812. The van der Waals surface area contributed by atoms with Crippen molar-refractivity contribution in [1.29, 1.82) is 0 Å². The fourth-order valence-corrected chi connectivity index (χ4v) is 2.33. The Kier molecular flexibility index (Phi) is 4.86. The van der Waals surface area contributed by atoms with Gasteiger partial charge >= 0.3 is 0 Å². The Morgan fingerprint density at radius 1 is 1.40 bits per heavy atom. The Bertz CT molecular complexity index is 483. The van der Waals surface area contributed by atoms with E-state index in [0.29, 0.717) is 26.2 Å². The number of aliphatic hydroxyl groups excluding tert-OH is 1. The van der Waals surface area contributed by atoms with Crippen LogP contribution in [0.3, 0.4) is 0 Å². The first-order valence-electron chi connectivity index (χ1n) is 6.66. The van der Waals surface area contributed by atoms with Crippen LogP contribution in [0, 0.1) is 5.82 Å². The van der Waals surface area contributed by atoms with E-state index in [-0.39, 0.29) is 23.9 Å². The molecule has 3 N–H and O–H groups in total. The molecule has 0 aliphatic carbocycles. The summed E-state index contributed by atoms with van der Waals surface area (Å²) in [5, 5.41) is 8.94. The first-order chi connectivity index (χ1) is 9.63. The Balaban J connectivity index is 2.07. The lowest BCUT2D eigenvalue weighted by Gasteiger charge is -2.21. The van der Waals surface area contributed by atoms with Crippen LogP contribution in [0.4, 0.5) is 10.2 Å². The third-order valence-corrected chi connectivity index (χ3v) is 3.44. The molecule has 0 saturated carbocycles. The zero-order valence-corrected chi connectivity index (χ0v) is 11.3.